The van der Waals surface area contributed by atoms with Crippen LogP contribution in [-0.2, 0) is 4.79 Å². The Bertz CT molecular complexity index is 1120. The van der Waals surface area contributed by atoms with E-state index >= 15 is 0 Å². The van der Waals surface area contributed by atoms with Crippen LogP contribution in [0, 0.1) is 11.2 Å². The molecule has 2 aromatic carbocycles. The fraction of sp³-hybridized carbons (Fsp3) is 0.0952. The number of benzene rings is 2. The van der Waals surface area contributed by atoms with Crippen LogP contribution in [0.3, 0.4) is 0 Å². The predicted molar refractivity (Wildman–Crippen MR) is 120 cm³/mol. The monoisotopic (exact) mass is 470 g/mol. The molecule has 0 aromatic heterocycles. The van der Waals surface area contributed by atoms with Crippen molar-refractivity contribution in [2.75, 3.05) is 19.0 Å². The Kier molecular flexibility index (Phi) is 5.14. The molecule has 0 saturated carbocycles. The molecule has 2 aliphatic heterocycles. The normalized spacial score (nSPS) is 17.4. The standard InChI is InChI=1S/C21H16BrFN4OS/c1-26(2)17-8-3-12(10-16(17)22)9-15-19(24)27-18(11-29-21(27)25-20(15)28)13-4-6-14(23)7-5-13/h3-11,24H,1-2H3/b15-9-,24-19?. The zero-order chi connectivity index (χ0) is 20.7. The zero-order valence-corrected chi connectivity index (χ0v) is 18.0. The summed E-state index contributed by atoms with van der Waals surface area (Å²) in [6.07, 6.45) is 1.67. The van der Waals surface area contributed by atoms with Crippen LogP contribution in [0.1, 0.15) is 11.1 Å². The number of nitrogens with one attached hydrogen (secondary N) is 1. The number of halogens is 2. The maximum atomic E-state index is 13.3. The SMILES string of the molecule is CN(C)c1ccc(/C=C2/C(=N)N3C(c4ccc(F)cc4)=CSC3=NC2=O)cc1Br. The molecule has 1 N–H and O–H groups in total. The van der Waals surface area contributed by atoms with Crippen LogP contribution in [0.25, 0.3) is 11.8 Å². The highest BCUT2D eigenvalue weighted by Crippen LogP contribution is 2.37. The molecule has 8 heteroatoms. The van der Waals surface area contributed by atoms with E-state index in [0.717, 1.165) is 21.3 Å². The van der Waals surface area contributed by atoms with Crippen LogP contribution in [-0.4, -0.2) is 35.9 Å². The van der Waals surface area contributed by atoms with E-state index in [9.17, 15) is 9.18 Å². The highest BCUT2D eigenvalue weighted by Gasteiger charge is 2.36. The molecule has 1 amide bonds. The van der Waals surface area contributed by atoms with E-state index in [2.05, 4.69) is 20.9 Å². The number of amides is 1. The number of amidine groups is 2. The summed E-state index contributed by atoms with van der Waals surface area (Å²) in [6.45, 7) is 0. The van der Waals surface area contributed by atoms with Gasteiger partial charge in [0.05, 0.1) is 17.0 Å². The topological polar surface area (TPSA) is 59.8 Å². The lowest BCUT2D eigenvalue weighted by atomic mass is 10.1. The molecule has 0 fully saturated rings. The van der Waals surface area contributed by atoms with Crippen molar-refractivity contribution in [2.45, 2.75) is 0 Å². The van der Waals surface area contributed by atoms with Crippen molar-refractivity contribution in [2.24, 2.45) is 4.99 Å². The number of nitrogens with zero attached hydrogens (tertiary/aromatic N) is 3. The first kappa shape index (κ1) is 19.6. The lowest BCUT2D eigenvalue weighted by molar-refractivity contribution is -0.114. The van der Waals surface area contributed by atoms with Gasteiger partial charge in [-0.15, -0.1) is 0 Å². The van der Waals surface area contributed by atoms with E-state index in [4.69, 9.17) is 5.41 Å². The summed E-state index contributed by atoms with van der Waals surface area (Å²) in [4.78, 5) is 20.3. The smallest absolute Gasteiger partial charge is 0.283 e. The van der Waals surface area contributed by atoms with Crippen molar-refractivity contribution in [1.29, 1.82) is 5.41 Å². The van der Waals surface area contributed by atoms with Gasteiger partial charge in [-0.05, 0) is 69.5 Å². The average Bonchev–Trinajstić information content (AvgIpc) is 3.09. The molecule has 0 atom stereocenters. The van der Waals surface area contributed by atoms with Gasteiger partial charge in [-0.3, -0.25) is 15.1 Å². The average molecular weight is 471 g/mol. The Labute approximate surface area is 180 Å². The summed E-state index contributed by atoms with van der Waals surface area (Å²) in [7, 11) is 3.90. The Hall–Kier alpha value is -2.71. The van der Waals surface area contributed by atoms with Gasteiger partial charge in [-0.2, -0.15) is 4.99 Å². The highest BCUT2D eigenvalue weighted by molar-refractivity contribution is 9.10. The summed E-state index contributed by atoms with van der Waals surface area (Å²) in [5.74, 6) is -0.728. The number of carbonyl (C=O) groups is 1. The molecule has 0 saturated heterocycles. The molecule has 5 nitrogen and oxygen atoms in total. The first-order valence-electron chi connectivity index (χ1n) is 8.68. The number of hydrogen-bond donors (Lipinski definition) is 1. The lowest BCUT2D eigenvalue weighted by Gasteiger charge is -2.27. The molecular formula is C21H16BrFN4OS. The van der Waals surface area contributed by atoms with Crippen LogP contribution in [0.5, 0.6) is 0 Å². The quantitative estimate of drug-likeness (QED) is 0.644. The van der Waals surface area contributed by atoms with E-state index < -0.39 is 5.91 Å². The minimum atomic E-state index is -0.449. The Balaban J connectivity index is 1.70. The van der Waals surface area contributed by atoms with Crippen LogP contribution in [0.4, 0.5) is 10.1 Å². The fourth-order valence-electron chi connectivity index (χ4n) is 3.07. The largest absolute Gasteiger partial charge is 0.377 e. The second-order valence-corrected chi connectivity index (χ2v) is 8.37. The van der Waals surface area contributed by atoms with Crippen LogP contribution in [0.2, 0.25) is 0 Å². The highest BCUT2D eigenvalue weighted by atomic mass is 79.9. The maximum Gasteiger partial charge on any atom is 0.283 e. The van der Waals surface area contributed by atoms with Crippen molar-refractivity contribution in [3.05, 3.63) is 74.9 Å². The number of thioether (sulfide) groups is 1. The summed E-state index contributed by atoms with van der Waals surface area (Å²) >= 11 is 4.82. The van der Waals surface area contributed by atoms with Crippen LogP contribution >= 0.6 is 27.7 Å². The zero-order valence-electron chi connectivity index (χ0n) is 15.6. The van der Waals surface area contributed by atoms with Crippen LogP contribution in [0.15, 0.2) is 62.9 Å². The summed E-state index contributed by atoms with van der Waals surface area (Å²) in [5, 5.41) is 10.9. The number of anilines is 1. The molecule has 2 heterocycles. The molecule has 0 radical (unpaired) electrons. The third-order valence-electron chi connectivity index (χ3n) is 4.52. The van der Waals surface area contributed by atoms with Crippen molar-refractivity contribution < 1.29 is 9.18 Å². The van der Waals surface area contributed by atoms with Crippen molar-refractivity contribution in [3.63, 3.8) is 0 Å². The van der Waals surface area contributed by atoms with E-state index in [1.165, 1.54) is 23.9 Å². The molecule has 4 rings (SSSR count). The molecule has 0 spiro atoms. The minimum Gasteiger partial charge on any atom is -0.377 e. The lowest BCUT2D eigenvalue weighted by Crippen LogP contribution is -2.38. The molecule has 0 aliphatic carbocycles. The van der Waals surface area contributed by atoms with Gasteiger partial charge in [0.15, 0.2) is 5.17 Å². The molecule has 29 heavy (non-hydrogen) atoms. The predicted octanol–water partition coefficient (Wildman–Crippen LogP) is 4.96. The number of hydrogen-bond acceptors (Lipinski definition) is 4. The van der Waals surface area contributed by atoms with Gasteiger partial charge >= 0.3 is 0 Å². The fourth-order valence-corrected chi connectivity index (χ4v) is 4.71. The molecular weight excluding hydrogens is 455 g/mol. The van der Waals surface area contributed by atoms with Gasteiger partial charge in [0.2, 0.25) is 0 Å². The van der Waals surface area contributed by atoms with Gasteiger partial charge in [0, 0.05) is 24.0 Å². The second-order valence-electron chi connectivity index (χ2n) is 6.67. The molecule has 0 unspecified atom stereocenters. The second kappa shape index (κ2) is 7.61. The third kappa shape index (κ3) is 3.65. The molecule has 0 bridgehead atoms. The third-order valence-corrected chi connectivity index (χ3v) is 5.98. The van der Waals surface area contributed by atoms with Gasteiger partial charge < -0.3 is 4.90 Å². The Morgan fingerprint density at radius 1 is 1.21 bits per heavy atom. The van der Waals surface area contributed by atoms with Gasteiger partial charge in [0.1, 0.15) is 11.7 Å². The van der Waals surface area contributed by atoms with Gasteiger partial charge in [0.25, 0.3) is 5.91 Å². The molecule has 146 valence electrons. The summed E-state index contributed by atoms with van der Waals surface area (Å²) < 4.78 is 14.2. The number of carbonyl (C=O) groups excluding carboxylic acids is 1. The van der Waals surface area contributed by atoms with E-state index in [1.807, 2.05) is 42.6 Å². The number of fused-ring (bicyclic) bond motifs is 1. The van der Waals surface area contributed by atoms with E-state index in [1.54, 1.807) is 23.1 Å². The van der Waals surface area contributed by atoms with Gasteiger partial charge in [-0.1, -0.05) is 17.8 Å². The van der Waals surface area contributed by atoms with Gasteiger partial charge in [-0.25, -0.2) is 4.39 Å². The van der Waals surface area contributed by atoms with Crippen molar-refractivity contribution >= 4 is 62.1 Å². The summed E-state index contributed by atoms with van der Waals surface area (Å²) in [5.41, 5.74) is 3.44. The number of aliphatic imine (C=N–C) groups is 1. The number of rotatable bonds is 3. The molecule has 2 aromatic rings. The van der Waals surface area contributed by atoms with E-state index in [0.29, 0.717) is 10.9 Å². The van der Waals surface area contributed by atoms with Crippen LogP contribution < -0.4 is 4.90 Å². The minimum absolute atomic E-state index is 0.0494. The molecule has 2 aliphatic rings. The Morgan fingerprint density at radius 3 is 2.59 bits per heavy atom. The Morgan fingerprint density at radius 2 is 1.93 bits per heavy atom. The maximum absolute atomic E-state index is 13.3. The van der Waals surface area contributed by atoms with Crippen molar-refractivity contribution in [3.8, 4) is 0 Å². The van der Waals surface area contributed by atoms with E-state index in [-0.39, 0.29) is 17.2 Å². The first-order chi connectivity index (χ1) is 13.8. The first-order valence-corrected chi connectivity index (χ1v) is 10.4. The summed E-state index contributed by atoms with van der Waals surface area (Å²) in [6, 6.07) is 11.8. The van der Waals surface area contributed by atoms with Crippen molar-refractivity contribution in [1.82, 2.24) is 4.90 Å².